The van der Waals surface area contributed by atoms with Gasteiger partial charge in [-0.05, 0) is 56.8 Å². The summed E-state index contributed by atoms with van der Waals surface area (Å²) < 4.78 is 0. The van der Waals surface area contributed by atoms with Gasteiger partial charge in [0, 0.05) is 19.0 Å². The number of piperidine rings is 1. The van der Waals surface area contributed by atoms with Crippen molar-refractivity contribution in [3.63, 3.8) is 0 Å². The van der Waals surface area contributed by atoms with E-state index in [1.54, 1.807) is 0 Å². The average molecular weight is 237 g/mol. The van der Waals surface area contributed by atoms with Gasteiger partial charge in [-0.1, -0.05) is 0 Å². The largest absolute Gasteiger partial charge is 0.393 e. The Morgan fingerprint density at radius 1 is 0.941 bits per heavy atom. The number of fused-ring (bicyclic) bond motifs is 2. The maximum atomic E-state index is 12.4. The van der Waals surface area contributed by atoms with E-state index in [-0.39, 0.29) is 12.0 Å². The molecule has 1 N–H and O–H groups in total. The van der Waals surface area contributed by atoms with Gasteiger partial charge < -0.3 is 10.0 Å². The fourth-order valence-electron chi connectivity index (χ4n) is 3.97. The standard InChI is InChI=1S/C14H23NO2/c16-13-5-3-12(4-6-13)14(17)15-8-10-1-2-11(7-10)9-15/h10-13,16H,1-9H2/t10-,11+,12?,13?. The molecular formula is C14H23NO2. The topological polar surface area (TPSA) is 40.5 Å². The van der Waals surface area contributed by atoms with Crippen LogP contribution in [0.15, 0.2) is 0 Å². The Morgan fingerprint density at radius 2 is 1.53 bits per heavy atom. The molecule has 96 valence electrons. The van der Waals surface area contributed by atoms with Crippen LogP contribution in [0.25, 0.3) is 0 Å². The minimum atomic E-state index is -0.156. The molecule has 3 nitrogen and oxygen atoms in total. The quantitative estimate of drug-likeness (QED) is 0.755. The summed E-state index contributed by atoms with van der Waals surface area (Å²) in [5.41, 5.74) is 0. The number of rotatable bonds is 1. The zero-order valence-electron chi connectivity index (χ0n) is 10.5. The third kappa shape index (κ3) is 2.35. The molecule has 2 atom stereocenters. The molecule has 0 unspecified atom stereocenters. The number of amides is 1. The van der Waals surface area contributed by atoms with Crippen LogP contribution in [0.1, 0.15) is 44.9 Å². The maximum absolute atomic E-state index is 12.4. The average Bonchev–Trinajstić information content (AvgIpc) is 2.68. The summed E-state index contributed by atoms with van der Waals surface area (Å²) in [6.07, 6.45) is 7.28. The van der Waals surface area contributed by atoms with E-state index >= 15 is 0 Å². The molecule has 0 aromatic rings. The van der Waals surface area contributed by atoms with Gasteiger partial charge in [0.05, 0.1) is 6.10 Å². The molecule has 2 bridgehead atoms. The van der Waals surface area contributed by atoms with Crippen LogP contribution in [0.3, 0.4) is 0 Å². The van der Waals surface area contributed by atoms with E-state index in [0.717, 1.165) is 50.6 Å². The first-order chi connectivity index (χ1) is 8.22. The number of hydrogen-bond acceptors (Lipinski definition) is 2. The van der Waals surface area contributed by atoms with Gasteiger partial charge in [-0.15, -0.1) is 0 Å². The molecule has 0 aromatic carbocycles. The zero-order valence-corrected chi connectivity index (χ0v) is 10.5. The summed E-state index contributed by atoms with van der Waals surface area (Å²) in [7, 11) is 0. The van der Waals surface area contributed by atoms with E-state index in [1.807, 2.05) is 0 Å². The number of aliphatic hydroxyl groups is 1. The lowest BCUT2D eigenvalue weighted by atomic mass is 9.85. The normalized spacial score (nSPS) is 41.6. The van der Waals surface area contributed by atoms with E-state index in [4.69, 9.17) is 0 Å². The zero-order chi connectivity index (χ0) is 11.8. The SMILES string of the molecule is O=C(C1CCC(O)CC1)N1C[C@@H]2CC[C@@H](C2)C1. The van der Waals surface area contributed by atoms with Crippen molar-refractivity contribution in [2.24, 2.45) is 17.8 Å². The molecule has 3 heteroatoms. The number of nitrogens with zero attached hydrogens (tertiary/aromatic N) is 1. The van der Waals surface area contributed by atoms with Crippen LogP contribution in [0.2, 0.25) is 0 Å². The Bertz CT molecular complexity index is 285. The Kier molecular flexibility index (Phi) is 3.12. The van der Waals surface area contributed by atoms with Crippen LogP contribution in [-0.2, 0) is 4.79 Å². The molecule has 1 aliphatic heterocycles. The van der Waals surface area contributed by atoms with Crippen molar-refractivity contribution in [3.8, 4) is 0 Å². The monoisotopic (exact) mass is 237 g/mol. The van der Waals surface area contributed by atoms with E-state index in [0.29, 0.717) is 5.91 Å². The second-order valence-corrected chi connectivity index (χ2v) is 6.29. The molecule has 1 heterocycles. The highest BCUT2D eigenvalue weighted by Crippen LogP contribution is 2.37. The van der Waals surface area contributed by atoms with Gasteiger partial charge >= 0.3 is 0 Å². The van der Waals surface area contributed by atoms with Gasteiger partial charge in [-0.2, -0.15) is 0 Å². The van der Waals surface area contributed by atoms with Gasteiger partial charge in [0.2, 0.25) is 5.91 Å². The number of hydrogen-bond donors (Lipinski definition) is 1. The predicted octanol–water partition coefficient (Wildman–Crippen LogP) is 1.80. The minimum absolute atomic E-state index is 0.156. The van der Waals surface area contributed by atoms with Crippen LogP contribution in [0.4, 0.5) is 0 Å². The highest BCUT2D eigenvalue weighted by molar-refractivity contribution is 5.79. The van der Waals surface area contributed by atoms with Gasteiger partial charge in [0.15, 0.2) is 0 Å². The molecule has 0 radical (unpaired) electrons. The van der Waals surface area contributed by atoms with Gasteiger partial charge in [-0.3, -0.25) is 4.79 Å². The summed E-state index contributed by atoms with van der Waals surface area (Å²) >= 11 is 0. The van der Waals surface area contributed by atoms with E-state index in [2.05, 4.69) is 4.90 Å². The molecule has 1 saturated heterocycles. The van der Waals surface area contributed by atoms with E-state index in [1.165, 1.54) is 19.3 Å². The van der Waals surface area contributed by atoms with Crippen LogP contribution in [0, 0.1) is 17.8 Å². The third-order valence-electron chi connectivity index (χ3n) is 4.96. The highest BCUT2D eigenvalue weighted by atomic mass is 16.3. The fourth-order valence-corrected chi connectivity index (χ4v) is 3.97. The Labute approximate surface area is 103 Å². The first-order valence-corrected chi connectivity index (χ1v) is 7.19. The van der Waals surface area contributed by atoms with Crippen molar-refractivity contribution in [1.29, 1.82) is 0 Å². The van der Waals surface area contributed by atoms with Crippen molar-refractivity contribution in [3.05, 3.63) is 0 Å². The lowest BCUT2D eigenvalue weighted by molar-refractivity contribution is -0.139. The van der Waals surface area contributed by atoms with Crippen LogP contribution >= 0.6 is 0 Å². The van der Waals surface area contributed by atoms with Crippen LogP contribution in [-0.4, -0.2) is 35.1 Å². The summed E-state index contributed by atoms with van der Waals surface area (Å²) in [4.78, 5) is 14.6. The van der Waals surface area contributed by atoms with Crippen molar-refractivity contribution < 1.29 is 9.90 Å². The maximum Gasteiger partial charge on any atom is 0.225 e. The van der Waals surface area contributed by atoms with Crippen molar-refractivity contribution in [1.82, 2.24) is 4.90 Å². The first-order valence-electron chi connectivity index (χ1n) is 7.19. The highest BCUT2D eigenvalue weighted by Gasteiger charge is 2.37. The van der Waals surface area contributed by atoms with Crippen molar-refractivity contribution in [2.45, 2.75) is 51.0 Å². The number of carbonyl (C=O) groups is 1. The molecule has 3 aliphatic rings. The number of aliphatic hydroxyl groups excluding tert-OH is 1. The molecule has 2 aliphatic carbocycles. The molecule has 3 fully saturated rings. The molecule has 0 aromatic heterocycles. The lowest BCUT2D eigenvalue weighted by Gasteiger charge is -2.36. The summed E-state index contributed by atoms with van der Waals surface area (Å²) in [5, 5.41) is 9.49. The fraction of sp³-hybridized carbons (Fsp3) is 0.929. The third-order valence-corrected chi connectivity index (χ3v) is 4.96. The summed E-state index contributed by atoms with van der Waals surface area (Å²) in [6.45, 7) is 2.02. The summed E-state index contributed by atoms with van der Waals surface area (Å²) in [6, 6.07) is 0. The van der Waals surface area contributed by atoms with Crippen LogP contribution < -0.4 is 0 Å². The lowest BCUT2D eigenvalue weighted by Crippen LogP contribution is -2.44. The second kappa shape index (κ2) is 4.60. The molecule has 2 saturated carbocycles. The molecule has 3 rings (SSSR count). The minimum Gasteiger partial charge on any atom is -0.393 e. The van der Waals surface area contributed by atoms with E-state index < -0.39 is 0 Å². The Balaban J connectivity index is 1.59. The Morgan fingerprint density at radius 3 is 2.12 bits per heavy atom. The van der Waals surface area contributed by atoms with Crippen molar-refractivity contribution >= 4 is 5.91 Å². The summed E-state index contributed by atoms with van der Waals surface area (Å²) in [5.74, 6) is 2.16. The van der Waals surface area contributed by atoms with Crippen molar-refractivity contribution in [2.75, 3.05) is 13.1 Å². The molecule has 17 heavy (non-hydrogen) atoms. The predicted molar refractivity (Wildman–Crippen MR) is 65.4 cm³/mol. The van der Waals surface area contributed by atoms with Gasteiger partial charge in [0.25, 0.3) is 0 Å². The molecule has 1 amide bonds. The smallest absolute Gasteiger partial charge is 0.225 e. The number of carbonyl (C=O) groups excluding carboxylic acids is 1. The van der Waals surface area contributed by atoms with Gasteiger partial charge in [-0.25, -0.2) is 0 Å². The molecule has 0 spiro atoms. The Hall–Kier alpha value is -0.570. The first kappa shape index (κ1) is 11.5. The van der Waals surface area contributed by atoms with Gasteiger partial charge in [0.1, 0.15) is 0 Å². The second-order valence-electron chi connectivity index (χ2n) is 6.29. The molecular weight excluding hydrogens is 214 g/mol. The van der Waals surface area contributed by atoms with Crippen LogP contribution in [0.5, 0.6) is 0 Å². The number of likely N-dealkylation sites (tertiary alicyclic amines) is 1. The van der Waals surface area contributed by atoms with E-state index in [9.17, 15) is 9.90 Å².